The van der Waals surface area contributed by atoms with Gasteiger partial charge in [0.15, 0.2) is 0 Å². The van der Waals surface area contributed by atoms with E-state index in [1.54, 1.807) is 41.5 Å². The van der Waals surface area contributed by atoms with Gasteiger partial charge >= 0.3 is 18.2 Å². The molecule has 0 N–H and O–H groups in total. The summed E-state index contributed by atoms with van der Waals surface area (Å²) in [5.74, 6) is -0.655. The van der Waals surface area contributed by atoms with Crippen molar-refractivity contribution >= 4 is 23.9 Å². The van der Waals surface area contributed by atoms with Crippen molar-refractivity contribution in [2.75, 3.05) is 0 Å². The Morgan fingerprint density at radius 1 is 0.732 bits per heavy atom. The van der Waals surface area contributed by atoms with Crippen molar-refractivity contribution < 1.29 is 28.6 Å². The van der Waals surface area contributed by atoms with Gasteiger partial charge < -0.3 is 14.2 Å². The summed E-state index contributed by atoms with van der Waals surface area (Å²) in [5, 5.41) is 0. The molecule has 2 aromatic rings. The summed E-state index contributed by atoms with van der Waals surface area (Å²) in [6.45, 7) is 15.9. The molecule has 1 fully saturated rings. The monoisotopic (exact) mass is 564 g/mol. The van der Waals surface area contributed by atoms with Gasteiger partial charge in [-0.1, -0.05) is 60.7 Å². The van der Waals surface area contributed by atoms with Gasteiger partial charge in [0.1, 0.15) is 22.8 Å². The van der Waals surface area contributed by atoms with E-state index in [1.807, 2.05) is 81.4 Å². The summed E-state index contributed by atoms with van der Waals surface area (Å²) in [5.41, 5.74) is 0.0753. The van der Waals surface area contributed by atoms with Gasteiger partial charge in [-0.2, -0.15) is 0 Å². The maximum Gasteiger partial charge on any atom is 0.420 e. The predicted octanol–water partition coefficient (Wildman–Crippen LogP) is 7.19. The zero-order valence-corrected chi connectivity index (χ0v) is 25.8. The molecule has 0 bridgehead atoms. The fourth-order valence-corrected chi connectivity index (χ4v) is 4.29. The van der Waals surface area contributed by atoms with Gasteiger partial charge in [-0.3, -0.25) is 4.99 Å². The maximum atomic E-state index is 13.5. The van der Waals surface area contributed by atoms with Crippen molar-refractivity contribution in [2.24, 2.45) is 10.9 Å². The van der Waals surface area contributed by atoms with Crippen LogP contribution < -0.4 is 0 Å². The molecule has 0 aliphatic heterocycles. The van der Waals surface area contributed by atoms with Crippen LogP contribution >= 0.6 is 0 Å². The van der Waals surface area contributed by atoms with Crippen LogP contribution in [0.5, 0.6) is 0 Å². The predicted molar refractivity (Wildman–Crippen MR) is 159 cm³/mol. The van der Waals surface area contributed by atoms with Crippen LogP contribution in [0.1, 0.15) is 86.3 Å². The summed E-state index contributed by atoms with van der Waals surface area (Å²) in [4.78, 5) is 45.8. The van der Waals surface area contributed by atoms with E-state index in [2.05, 4.69) is 0 Å². The first-order valence-electron chi connectivity index (χ1n) is 14.1. The molecule has 2 amide bonds. The van der Waals surface area contributed by atoms with Crippen LogP contribution in [0.2, 0.25) is 0 Å². The number of imide groups is 1. The summed E-state index contributed by atoms with van der Waals surface area (Å²) < 4.78 is 16.9. The van der Waals surface area contributed by atoms with E-state index in [1.165, 1.54) is 0 Å². The second kappa shape index (κ2) is 12.5. The molecule has 0 spiro atoms. The molecule has 1 aliphatic rings. The number of carbonyl (C=O) groups excluding carboxylic acids is 3. The minimum atomic E-state index is -0.862. The van der Waals surface area contributed by atoms with Crippen LogP contribution in [0.15, 0.2) is 65.7 Å². The van der Waals surface area contributed by atoms with Crippen LogP contribution in [-0.2, 0) is 19.0 Å². The van der Waals surface area contributed by atoms with E-state index in [9.17, 15) is 14.4 Å². The van der Waals surface area contributed by atoms with Crippen LogP contribution in [0.25, 0.3) is 0 Å². The van der Waals surface area contributed by atoms with Gasteiger partial charge in [0.2, 0.25) is 0 Å². The normalized spacial score (nSPS) is 17.6. The van der Waals surface area contributed by atoms with Gasteiger partial charge in [-0.25, -0.2) is 19.3 Å². The van der Waals surface area contributed by atoms with Gasteiger partial charge in [-0.05, 0) is 81.1 Å². The van der Waals surface area contributed by atoms with E-state index < -0.39 is 47.0 Å². The molecular weight excluding hydrogens is 520 g/mol. The van der Waals surface area contributed by atoms with Gasteiger partial charge in [-0.15, -0.1) is 0 Å². The van der Waals surface area contributed by atoms with Gasteiger partial charge in [0.05, 0.1) is 5.71 Å². The first-order valence-corrected chi connectivity index (χ1v) is 14.1. The number of ether oxygens (including phenoxy) is 3. The highest BCUT2D eigenvalue weighted by atomic mass is 16.6. The van der Waals surface area contributed by atoms with Crippen molar-refractivity contribution in [2.45, 2.75) is 104 Å². The molecule has 0 saturated heterocycles. The number of hydrogen-bond donors (Lipinski definition) is 0. The molecule has 1 saturated carbocycles. The molecular formula is C33H44N2O6. The zero-order chi connectivity index (χ0) is 30.6. The number of nitrogens with zero attached hydrogens (tertiary/aromatic N) is 2. The lowest BCUT2D eigenvalue weighted by atomic mass is 10.0. The lowest BCUT2D eigenvalue weighted by Gasteiger charge is -2.29. The van der Waals surface area contributed by atoms with E-state index in [4.69, 9.17) is 19.2 Å². The second-order valence-electron chi connectivity index (χ2n) is 13.4. The molecule has 8 nitrogen and oxygen atoms in total. The van der Waals surface area contributed by atoms with Crippen LogP contribution in [0.4, 0.5) is 9.59 Å². The Morgan fingerprint density at radius 3 is 1.54 bits per heavy atom. The molecule has 0 unspecified atom stereocenters. The molecule has 1 aliphatic carbocycles. The molecule has 41 heavy (non-hydrogen) atoms. The fraction of sp³-hybridized carbons (Fsp3) is 0.515. The van der Waals surface area contributed by atoms with Crippen molar-refractivity contribution in [1.82, 2.24) is 4.90 Å². The van der Waals surface area contributed by atoms with Gasteiger partial charge in [0.25, 0.3) is 0 Å². The third-order valence-electron chi connectivity index (χ3n) is 5.98. The molecule has 0 heterocycles. The molecule has 0 radical (unpaired) electrons. The van der Waals surface area contributed by atoms with Crippen LogP contribution in [-0.4, -0.2) is 57.7 Å². The smallest absolute Gasteiger partial charge is 0.420 e. The summed E-state index contributed by atoms with van der Waals surface area (Å²) >= 11 is 0. The molecule has 8 heteroatoms. The molecule has 3 rings (SSSR count). The average Bonchev–Trinajstić information content (AvgIpc) is 3.57. The Labute approximate surface area is 244 Å². The van der Waals surface area contributed by atoms with E-state index in [0.717, 1.165) is 16.0 Å². The standard InChI is InChI=1S/C33H44N2O6/c1-31(2,3)39-28(36)25(34-27(22-16-12-10-13-17-22)23-18-14-11-15-19-23)20-24-21-26(24)35(29(37)40-32(4,5)6)30(38)41-33(7,8)9/h10-19,24-26H,20-21H2,1-9H3/t24-,25-,26-/m1/s1. The Morgan fingerprint density at radius 2 is 1.15 bits per heavy atom. The number of carbonyl (C=O) groups is 3. The first-order chi connectivity index (χ1) is 18.9. The summed E-state index contributed by atoms with van der Waals surface area (Å²) in [6.07, 6.45) is -0.763. The van der Waals surface area contributed by atoms with E-state index in [-0.39, 0.29) is 12.3 Å². The Balaban J connectivity index is 1.96. The van der Waals surface area contributed by atoms with Crippen molar-refractivity contribution in [3.63, 3.8) is 0 Å². The van der Waals surface area contributed by atoms with Crippen molar-refractivity contribution in [1.29, 1.82) is 0 Å². The minimum absolute atomic E-state index is 0.191. The first kappa shape index (κ1) is 31.8. The highest BCUT2D eigenvalue weighted by Crippen LogP contribution is 2.42. The highest BCUT2D eigenvalue weighted by Gasteiger charge is 2.51. The maximum absolute atomic E-state index is 13.5. The largest absolute Gasteiger partial charge is 0.458 e. The lowest BCUT2D eigenvalue weighted by Crippen LogP contribution is -2.45. The topological polar surface area (TPSA) is 94.5 Å². The third kappa shape index (κ3) is 10.0. The number of rotatable bonds is 7. The Kier molecular flexibility index (Phi) is 9.67. The Bertz CT molecular complexity index is 1170. The Hall–Kier alpha value is -3.68. The zero-order valence-electron chi connectivity index (χ0n) is 25.8. The molecule has 0 aromatic heterocycles. The number of amides is 2. The van der Waals surface area contributed by atoms with E-state index in [0.29, 0.717) is 12.1 Å². The highest BCUT2D eigenvalue weighted by molar-refractivity contribution is 6.13. The number of hydrogen-bond acceptors (Lipinski definition) is 7. The lowest BCUT2D eigenvalue weighted by molar-refractivity contribution is -0.156. The van der Waals surface area contributed by atoms with Crippen molar-refractivity contribution in [3.05, 3.63) is 71.8 Å². The van der Waals surface area contributed by atoms with Crippen LogP contribution in [0, 0.1) is 5.92 Å². The molecule has 3 atom stereocenters. The summed E-state index contributed by atoms with van der Waals surface area (Å²) in [6, 6.07) is 18.0. The van der Waals surface area contributed by atoms with Crippen LogP contribution in [0.3, 0.4) is 0 Å². The van der Waals surface area contributed by atoms with E-state index >= 15 is 0 Å². The molecule has 222 valence electrons. The fourth-order valence-electron chi connectivity index (χ4n) is 4.29. The SMILES string of the molecule is CC(C)(C)OC(=O)[C@@H](C[C@@H]1C[C@H]1N(C(=O)OC(C)(C)C)C(=O)OC(C)(C)C)N=C(c1ccccc1)c1ccccc1. The van der Waals surface area contributed by atoms with Gasteiger partial charge in [0, 0.05) is 17.2 Å². The second-order valence-corrected chi connectivity index (χ2v) is 13.4. The molecule has 2 aromatic carbocycles. The van der Waals surface area contributed by atoms with Crippen molar-refractivity contribution in [3.8, 4) is 0 Å². The summed E-state index contributed by atoms with van der Waals surface area (Å²) in [7, 11) is 0. The quantitative estimate of drug-likeness (QED) is 0.201. The number of esters is 1. The third-order valence-corrected chi connectivity index (χ3v) is 5.98. The minimum Gasteiger partial charge on any atom is -0.458 e. The average molecular weight is 565 g/mol. The number of benzene rings is 2. The number of aliphatic imine (C=N–C) groups is 1.